The number of nitrogens with one attached hydrogen (secondary N) is 2. The van der Waals surface area contributed by atoms with Gasteiger partial charge in [0.05, 0.1) is 4.90 Å². The van der Waals surface area contributed by atoms with Gasteiger partial charge in [-0.2, -0.15) is 0 Å². The van der Waals surface area contributed by atoms with Crippen LogP contribution in [0.5, 0.6) is 5.75 Å². The molecule has 0 radical (unpaired) electrons. The summed E-state index contributed by atoms with van der Waals surface area (Å²) in [6.07, 6.45) is 0.369. The van der Waals surface area contributed by atoms with Gasteiger partial charge in [-0.15, -0.1) is 0 Å². The van der Waals surface area contributed by atoms with Crippen LogP contribution in [0.4, 0.5) is 10.1 Å². The summed E-state index contributed by atoms with van der Waals surface area (Å²) in [6, 6.07) is 27.6. The molecule has 0 aliphatic carbocycles. The van der Waals surface area contributed by atoms with Crippen molar-refractivity contribution in [1.29, 1.82) is 0 Å². The van der Waals surface area contributed by atoms with E-state index in [0.29, 0.717) is 12.0 Å². The number of aliphatic hydroxyl groups excluding tert-OH is 1. The van der Waals surface area contributed by atoms with E-state index in [1.807, 2.05) is 36.4 Å². The molecule has 0 unspecified atom stereocenters. The van der Waals surface area contributed by atoms with Crippen LogP contribution in [0, 0.1) is 5.82 Å². The third-order valence-electron chi connectivity index (χ3n) is 6.42. The smallest absolute Gasteiger partial charge is 0.261 e. The lowest BCUT2D eigenvalue weighted by Crippen LogP contribution is -2.45. The molecule has 0 saturated heterocycles. The van der Waals surface area contributed by atoms with Gasteiger partial charge >= 0.3 is 0 Å². The number of carbonyl (C=O) groups excluding carboxylic acids is 2. The van der Waals surface area contributed by atoms with Gasteiger partial charge in [0.25, 0.3) is 15.9 Å². The molecule has 0 bridgehead atoms. The number of nitrogens with zero attached hydrogens (tertiary/aromatic N) is 1. The van der Waals surface area contributed by atoms with Crippen LogP contribution in [0.2, 0.25) is 0 Å². The fourth-order valence-corrected chi connectivity index (χ4v) is 5.33. The van der Waals surface area contributed by atoms with Crippen LogP contribution < -0.4 is 14.8 Å². The summed E-state index contributed by atoms with van der Waals surface area (Å²) in [5.41, 5.74) is 1.62. The van der Waals surface area contributed by atoms with Gasteiger partial charge in [-0.3, -0.25) is 14.3 Å². The normalized spacial score (nSPS) is 11.8. The highest BCUT2D eigenvalue weighted by Gasteiger charge is 2.31. The summed E-state index contributed by atoms with van der Waals surface area (Å²) in [4.78, 5) is 28.5. The molecule has 11 heteroatoms. The maximum absolute atomic E-state index is 13.7. The van der Waals surface area contributed by atoms with Crippen molar-refractivity contribution in [2.45, 2.75) is 23.9 Å². The van der Waals surface area contributed by atoms with Crippen molar-refractivity contribution in [3.8, 4) is 5.75 Å². The second kappa shape index (κ2) is 14.9. The van der Waals surface area contributed by atoms with Crippen molar-refractivity contribution in [2.24, 2.45) is 0 Å². The first-order chi connectivity index (χ1) is 20.8. The molecule has 4 aromatic rings. The van der Waals surface area contributed by atoms with Crippen molar-refractivity contribution in [2.75, 3.05) is 24.5 Å². The van der Waals surface area contributed by atoms with E-state index in [1.165, 1.54) is 41.3 Å². The van der Waals surface area contributed by atoms with Crippen LogP contribution >= 0.6 is 0 Å². The molecule has 4 rings (SSSR count). The molecule has 9 nitrogen and oxygen atoms in total. The number of aliphatic hydroxyl groups is 1. The second-order valence-corrected chi connectivity index (χ2v) is 11.2. The van der Waals surface area contributed by atoms with Gasteiger partial charge in [0.15, 0.2) is 6.61 Å². The molecule has 2 amide bonds. The van der Waals surface area contributed by atoms with Gasteiger partial charge in [0, 0.05) is 25.4 Å². The lowest BCUT2D eigenvalue weighted by Gasteiger charge is -2.31. The van der Waals surface area contributed by atoms with Gasteiger partial charge < -0.3 is 20.1 Å². The molecule has 4 aromatic carbocycles. The zero-order valence-electron chi connectivity index (χ0n) is 23.2. The Morgan fingerprint density at radius 2 is 1.49 bits per heavy atom. The second-order valence-electron chi connectivity index (χ2n) is 9.56. The molecule has 3 N–H and O–H groups in total. The molecule has 0 aliphatic rings. The van der Waals surface area contributed by atoms with Crippen LogP contribution in [0.25, 0.3) is 0 Å². The monoisotopic (exact) mass is 605 g/mol. The average molecular weight is 606 g/mol. The molecule has 0 aromatic heterocycles. The number of benzene rings is 4. The molecular weight excluding hydrogens is 573 g/mol. The number of ether oxygens (including phenoxy) is 1. The molecule has 0 heterocycles. The summed E-state index contributed by atoms with van der Waals surface area (Å²) in [5.74, 6) is -1.10. The molecule has 0 fully saturated rings. The van der Waals surface area contributed by atoms with Gasteiger partial charge in [-0.05, 0) is 66.1 Å². The van der Waals surface area contributed by atoms with E-state index in [-0.39, 0.29) is 36.0 Å². The van der Waals surface area contributed by atoms with Crippen molar-refractivity contribution in [3.63, 3.8) is 0 Å². The number of carbonyl (C=O) groups is 2. The lowest BCUT2D eigenvalue weighted by atomic mass is 10.0. The minimum atomic E-state index is -3.95. The largest absolute Gasteiger partial charge is 0.484 e. The average Bonchev–Trinajstić information content (AvgIpc) is 3.02. The SMILES string of the molecule is O=C(NCCCO)[C@H](c1ccccc1)N(Cc1ccccc1)C(=O)COc1ccc(S(=O)(=O)Nc2ccc(F)cc2)cc1. The Bertz CT molecular complexity index is 1590. The molecule has 224 valence electrons. The van der Waals surface area contributed by atoms with Crippen LogP contribution in [-0.4, -0.2) is 50.0 Å². The standard InChI is InChI=1S/C32H32FN3O6S/c33-26-12-14-27(15-13-26)35-43(40,41)29-18-16-28(17-19-29)42-23-30(38)36(22-24-8-3-1-4-9-24)31(25-10-5-2-6-11-25)32(39)34-20-7-21-37/h1-6,8-19,31,35,37H,7,20-23H2,(H,34,39)/t31-/m0/s1. The van der Waals surface area contributed by atoms with E-state index in [4.69, 9.17) is 9.84 Å². The van der Waals surface area contributed by atoms with Crippen molar-refractivity contribution < 1.29 is 32.2 Å². The minimum Gasteiger partial charge on any atom is -0.484 e. The summed E-state index contributed by atoms with van der Waals surface area (Å²) in [6.45, 7) is -0.130. The van der Waals surface area contributed by atoms with E-state index in [2.05, 4.69) is 10.0 Å². The Balaban J connectivity index is 1.52. The van der Waals surface area contributed by atoms with E-state index >= 15 is 0 Å². The van der Waals surface area contributed by atoms with E-state index in [9.17, 15) is 22.4 Å². The summed E-state index contributed by atoms with van der Waals surface area (Å²) in [5, 5.41) is 12.0. The predicted molar refractivity (Wildman–Crippen MR) is 160 cm³/mol. The van der Waals surface area contributed by atoms with Crippen molar-refractivity contribution in [3.05, 3.63) is 126 Å². The first-order valence-electron chi connectivity index (χ1n) is 13.5. The van der Waals surface area contributed by atoms with Gasteiger partial charge in [-0.1, -0.05) is 60.7 Å². The first-order valence-corrected chi connectivity index (χ1v) is 15.0. The van der Waals surface area contributed by atoms with Gasteiger partial charge in [-0.25, -0.2) is 12.8 Å². The van der Waals surface area contributed by atoms with Gasteiger partial charge in [0.2, 0.25) is 5.91 Å². The fourth-order valence-electron chi connectivity index (χ4n) is 4.27. The summed E-state index contributed by atoms with van der Waals surface area (Å²) in [7, 11) is -3.95. The van der Waals surface area contributed by atoms with E-state index in [0.717, 1.165) is 17.7 Å². The Kier molecular flexibility index (Phi) is 10.8. The number of amides is 2. The minimum absolute atomic E-state index is 0.0510. The first kappa shape index (κ1) is 31.2. The van der Waals surface area contributed by atoms with Crippen LogP contribution in [0.3, 0.4) is 0 Å². The van der Waals surface area contributed by atoms with Crippen molar-refractivity contribution in [1.82, 2.24) is 10.2 Å². The highest BCUT2D eigenvalue weighted by Crippen LogP contribution is 2.25. The Hall–Kier alpha value is -4.74. The maximum atomic E-state index is 13.7. The molecule has 0 spiro atoms. The predicted octanol–water partition coefficient (Wildman–Crippen LogP) is 4.27. The number of rotatable bonds is 14. The van der Waals surface area contributed by atoms with Crippen LogP contribution in [-0.2, 0) is 26.2 Å². The fraction of sp³-hybridized carbons (Fsp3) is 0.188. The van der Waals surface area contributed by atoms with E-state index in [1.54, 1.807) is 24.3 Å². The molecule has 43 heavy (non-hydrogen) atoms. The number of hydrogen-bond acceptors (Lipinski definition) is 6. The summed E-state index contributed by atoms with van der Waals surface area (Å²) < 4.78 is 46.8. The molecule has 0 aliphatic heterocycles. The number of halogens is 1. The quantitative estimate of drug-likeness (QED) is 0.184. The zero-order chi connectivity index (χ0) is 30.7. The number of anilines is 1. The lowest BCUT2D eigenvalue weighted by molar-refractivity contribution is -0.143. The summed E-state index contributed by atoms with van der Waals surface area (Å²) >= 11 is 0. The zero-order valence-corrected chi connectivity index (χ0v) is 24.0. The van der Waals surface area contributed by atoms with E-state index < -0.39 is 40.3 Å². The van der Waals surface area contributed by atoms with Gasteiger partial charge in [0.1, 0.15) is 17.6 Å². The number of hydrogen-bond donors (Lipinski definition) is 3. The Morgan fingerprint density at radius 1 is 0.860 bits per heavy atom. The highest BCUT2D eigenvalue weighted by molar-refractivity contribution is 7.92. The number of sulfonamides is 1. The maximum Gasteiger partial charge on any atom is 0.261 e. The Labute approximate surface area is 250 Å². The molecule has 0 saturated carbocycles. The highest BCUT2D eigenvalue weighted by atomic mass is 32.2. The van der Waals surface area contributed by atoms with Crippen molar-refractivity contribution >= 4 is 27.5 Å². The Morgan fingerprint density at radius 3 is 2.12 bits per heavy atom. The third kappa shape index (κ3) is 8.87. The molecular formula is C32H32FN3O6S. The van der Waals surface area contributed by atoms with Crippen LogP contribution in [0.1, 0.15) is 23.6 Å². The molecule has 1 atom stereocenters. The topological polar surface area (TPSA) is 125 Å². The third-order valence-corrected chi connectivity index (χ3v) is 7.82. The van der Waals surface area contributed by atoms with Crippen LogP contribution in [0.15, 0.2) is 114 Å².